The first-order chi connectivity index (χ1) is 8.38. The monoisotopic (exact) mass is 282 g/mol. The molecule has 0 bridgehead atoms. The lowest BCUT2D eigenvalue weighted by atomic mass is 10.1. The average molecular weight is 283 g/mol. The smallest absolute Gasteiger partial charge is 0.140 e. The first-order valence-electron chi connectivity index (χ1n) is 6.37. The molecular weight excluding hydrogens is 266 g/mol. The zero-order valence-corrected chi connectivity index (χ0v) is 12.1. The van der Waals surface area contributed by atoms with Crippen LogP contribution >= 0.6 is 11.3 Å². The Bertz CT molecular complexity index is 520. The zero-order valence-electron chi connectivity index (χ0n) is 10.5. The standard InChI is InChI=1S/C13H17N3S.ClH/c1-2-10-8-11-12(14-9-15-13(11)17-10)16-6-4-3-5-7-16;/h8-9H,2-7H2,1H3;1H/p-1. The molecule has 0 unspecified atom stereocenters. The Morgan fingerprint density at radius 1 is 1.22 bits per heavy atom. The van der Waals surface area contributed by atoms with Gasteiger partial charge in [0, 0.05) is 18.0 Å². The number of aryl methyl sites for hydroxylation is 1. The van der Waals surface area contributed by atoms with Crippen LogP contribution in [0.3, 0.4) is 0 Å². The van der Waals surface area contributed by atoms with Crippen molar-refractivity contribution in [2.24, 2.45) is 0 Å². The summed E-state index contributed by atoms with van der Waals surface area (Å²) in [6, 6.07) is 2.27. The average Bonchev–Trinajstić information content (AvgIpc) is 2.82. The fraction of sp³-hybridized carbons (Fsp3) is 0.538. The van der Waals surface area contributed by atoms with Crippen molar-refractivity contribution >= 4 is 27.4 Å². The topological polar surface area (TPSA) is 29.0 Å². The van der Waals surface area contributed by atoms with E-state index in [4.69, 9.17) is 0 Å². The summed E-state index contributed by atoms with van der Waals surface area (Å²) in [7, 11) is 0. The van der Waals surface area contributed by atoms with Crippen LogP contribution in [-0.4, -0.2) is 23.1 Å². The summed E-state index contributed by atoms with van der Waals surface area (Å²) in [6.07, 6.45) is 6.73. The number of halogens is 1. The molecule has 0 N–H and O–H groups in total. The Kier molecular flexibility index (Phi) is 4.40. The van der Waals surface area contributed by atoms with Crippen LogP contribution < -0.4 is 17.3 Å². The minimum atomic E-state index is 0. The first-order valence-corrected chi connectivity index (χ1v) is 7.18. The van der Waals surface area contributed by atoms with E-state index in [9.17, 15) is 0 Å². The molecule has 3 heterocycles. The zero-order chi connectivity index (χ0) is 11.7. The van der Waals surface area contributed by atoms with E-state index in [2.05, 4.69) is 27.9 Å². The van der Waals surface area contributed by atoms with Crippen molar-refractivity contribution in [3.8, 4) is 0 Å². The molecule has 18 heavy (non-hydrogen) atoms. The van der Waals surface area contributed by atoms with Gasteiger partial charge in [-0.15, -0.1) is 11.3 Å². The van der Waals surface area contributed by atoms with Gasteiger partial charge >= 0.3 is 0 Å². The maximum absolute atomic E-state index is 4.50. The minimum Gasteiger partial charge on any atom is -1.00 e. The molecule has 0 saturated carbocycles. The predicted octanol–water partition coefficient (Wildman–Crippen LogP) is 0.248. The molecule has 1 aliphatic heterocycles. The van der Waals surface area contributed by atoms with Crippen molar-refractivity contribution in [1.82, 2.24) is 9.97 Å². The third-order valence-electron chi connectivity index (χ3n) is 3.36. The van der Waals surface area contributed by atoms with Gasteiger partial charge in [0.2, 0.25) is 0 Å². The first kappa shape index (κ1) is 13.6. The van der Waals surface area contributed by atoms with Crippen LogP contribution in [0.15, 0.2) is 12.4 Å². The van der Waals surface area contributed by atoms with Crippen molar-refractivity contribution in [3.05, 3.63) is 17.3 Å². The van der Waals surface area contributed by atoms with Crippen LogP contribution in [-0.2, 0) is 6.42 Å². The number of nitrogens with zero attached hydrogens (tertiary/aromatic N) is 3. The van der Waals surface area contributed by atoms with E-state index in [1.54, 1.807) is 17.7 Å². The highest BCUT2D eigenvalue weighted by atomic mass is 35.5. The number of aromatic nitrogens is 2. The highest BCUT2D eigenvalue weighted by molar-refractivity contribution is 7.18. The Hall–Kier alpha value is -0.870. The van der Waals surface area contributed by atoms with Gasteiger partial charge in [-0.05, 0) is 31.7 Å². The highest BCUT2D eigenvalue weighted by Gasteiger charge is 2.16. The Morgan fingerprint density at radius 2 is 2.00 bits per heavy atom. The molecule has 2 aromatic rings. The Labute approximate surface area is 118 Å². The second-order valence-electron chi connectivity index (χ2n) is 4.53. The van der Waals surface area contributed by atoms with Gasteiger partial charge in [0.25, 0.3) is 0 Å². The maximum Gasteiger partial charge on any atom is 0.140 e. The molecule has 0 radical (unpaired) electrons. The Morgan fingerprint density at radius 3 is 2.72 bits per heavy atom. The molecule has 1 fully saturated rings. The molecule has 1 saturated heterocycles. The summed E-state index contributed by atoms with van der Waals surface area (Å²) in [5.41, 5.74) is 0. The van der Waals surface area contributed by atoms with Crippen molar-refractivity contribution < 1.29 is 12.4 Å². The SMILES string of the molecule is CCc1cc2c(N3CCCCC3)ncnc2s1.[Cl-]. The number of hydrogen-bond donors (Lipinski definition) is 0. The van der Waals surface area contributed by atoms with Gasteiger partial charge < -0.3 is 17.3 Å². The van der Waals surface area contributed by atoms with Gasteiger partial charge in [-0.25, -0.2) is 9.97 Å². The van der Waals surface area contributed by atoms with Crippen LogP contribution in [0.25, 0.3) is 10.2 Å². The van der Waals surface area contributed by atoms with Crippen LogP contribution in [0.1, 0.15) is 31.1 Å². The van der Waals surface area contributed by atoms with E-state index in [1.807, 2.05) is 0 Å². The fourth-order valence-corrected chi connectivity index (χ4v) is 3.35. The molecule has 0 amide bonds. The van der Waals surface area contributed by atoms with Gasteiger partial charge in [-0.2, -0.15) is 0 Å². The van der Waals surface area contributed by atoms with Gasteiger partial charge in [-0.1, -0.05) is 6.92 Å². The fourth-order valence-electron chi connectivity index (χ4n) is 2.42. The molecule has 0 aromatic carbocycles. The summed E-state index contributed by atoms with van der Waals surface area (Å²) in [5, 5.41) is 1.25. The molecule has 0 spiro atoms. The van der Waals surface area contributed by atoms with E-state index in [1.165, 1.54) is 29.5 Å². The molecule has 0 aliphatic carbocycles. The summed E-state index contributed by atoms with van der Waals surface area (Å²) in [5.74, 6) is 1.14. The molecular formula is C13H17ClN3S-. The van der Waals surface area contributed by atoms with Crippen molar-refractivity contribution in [2.75, 3.05) is 18.0 Å². The number of piperidine rings is 1. The van der Waals surface area contributed by atoms with Gasteiger partial charge in [-0.3, -0.25) is 0 Å². The largest absolute Gasteiger partial charge is 1.00 e. The van der Waals surface area contributed by atoms with E-state index < -0.39 is 0 Å². The third kappa shape index (κ3) is 2.45. The highest BCUT2D eigenvalue weighted by Crippen LogP contribution is 2.31. The van der Waals surface area contributed by atoms with E-state index in [-0.39, 0.29) is 12.4 Å². The predicted molar refractivity (Wildman–Crippen MR) is 72.9 cm³/mol. The number of anilines is 1. The second kappa shape index (κ2) is 5.85. The van der Waals surface area contributed by atoms with Crippen LogP contribution in [0.2, 0.25) is 0 Å². The van der Waals surface area contributed by atoms with E-state index in [0.29, 0.717) is 0 Å². The third-order valence-corrected chi connectivity index (χ3v) is 4.55. The van der Waals surface area contributed by atoms with Crippen molar-refractivity contribution in [2.45, 2.75) is 32.6 Å². The van der Waals surface area contributed by atoms with Crippen LogP contribution in [0.5, 0.6) is 0 Å². The molecule has 5 heteroatoms. The second-order valence-corrected chi connectivity index (χ2v) is 5.65. The van der Waals surface area contributed by atoms with Crippen molar-refractivity contribution in [1.29, 1.82) is 0 Å². The number of thiophene rings is 1. The molecule has 0 atom stereocenters. The van der Waals surface area contributed by atoms with Crippen molar-refractivity contribution in [3.63, 3.8) is 0 Å². The van der Waals surface area contributed by atoms with Crippen LogP contribution in [0.4, 0.5) is 5.82 Å². The van der Waals surface area contributed by atoms with Crippen LogP contribution in [0, 0.1) is 0 Å². The lowest BCUT2D eigenvalue weighted by molar-refractivity contribution is -0.00000350. The van der Waals surface area contributed by atoms with Gasteiger partial charge in [0.05, 0.1) is 5.39 Å². The number of fused-ring (bicyclic) bond motifs is 1. The number of rotatable bonds is 2. The Balaban J connectivity index is 0.00000120. The number of hydrogen-bond acceptors (Lipinski definition) is 4. The lowest BCUT2D eigenvalue weighted by Crippen LogP contribution is -3.00. The minimum absolute atomic E-state index is 0. The van der Waals surface area contributed by atoms with Gasteiger partial charge in [0.15, 0.2) is 0 Å². The van der Waals surface area contributed by atoms with E-state index in [0.717, 1.165) is 30.2 Å². The summed E-state index contributed by atoms with van der Waals surface area (Å²) >= 11 is 1.80. The lowest BCUT2D eigenvalue weighted by Gasteiger charge is -2.27. The van der Waals surface area contributed by atoms with E-state index >= 15 is 0 Å². The molecule has 2 aromatic heterocycles. The normalized spacial score (nSPS) is 15.7. The molecule has 3 nitrogen and oxygen atoms in total. The summed E-state index contributed by atoms with van der Waals surface area (Å²) < 4.78 is 0. The summed E-state index contributed by atoms with van der Waals surface area (Å²) in [4.78, 5) is 13.8. The van der Waals surface area contributed by atoms with Gasteiger partial charge in [0.1, 0.15) is 17.0 Å². The molecule has 3 rings (SSSR count). The maximum atomic E-state index is 4.50. The molecule has 98 valence electrons. The molecule has 1 aliphatic rings. The quantitative estimate of drug-likeness (QED) is 0.791. The summed E-state index contributed by atoms with van der Waals surface area (Å²) in [6.45, 7) is 4.48.